The number of rotatable bonds is 7. The van der Waals surface area contributed by atoms with Crippen LogP contribution in [-0.2, 0) is 0 Å². The maximum Gasteiger partial charge on any atom is 0.339 e. The lowest BCUT2D eigenvalue weighted by Gasteiger charge is -2.14. The van der Waals surface area contributed by atoms with Crippen LogP contribution in [0.15, 0.2) is 18.2 Å². The van der Waals surface area contributed by atoms with Crippen LogP contribution in [0.4, 0.5) is 0 Å². The molecule has 100 valence electrons. The minimum absolute atomic E-state index is 0.166. The van der Waals surface area contributed by atoms with Gasteiger partial charge in [-0.3, -0.25) is 0 Å². The van der Waals surface area contributed by atoms with Gasteiger partial charge in [-0.15, -0.1) is 0 Å². The summed E-state index contributed by atoms with van der Waals surface area (Å²) in [6.45, 7) is 4.72. The van der Waals surface area contributed by atoms with Crippen LogP contribution in [0.1, 0.15) is 37.0 Å². The maximum atomic E-state index is 11.1. The molecule has 1 aromatic rings. The first-order chi connectivity index (χ1) is 8.58. The quantitative estimate of drug-likeness (QED) is 0.809. The molecule has 0 fully saturated rings. The Morgan fingerprint density at radius 3 is 2.72 bits per heavy atom. The summed E-state index contributed by atoms with van der Waals surface area (Å²) in [5.74, 6) is 0.376. The van der Waals surface area contributed by atoms with Crippen LogP contribution in [0.3, 0.4) is 0 Å². The third-order valence-electron chi connectivity index (χ3n) is 2.72. The monoisotopic (exact) mass is 252 g/mol. The van der Waals surface area contributed by atoms with E-state index in [1.807, 2.05) is 0 Å². The molecule has 0 aliphatic carbocycles. The molecule has 0 saturated carbocycles. The zero-order chi connectivity index (χ0) is 13.5. The molecule has 1 unspecified atom stereocenters. The van der Waals surface area contributed by atoms with Crippen molar-refractivity contribution in [3.8, 4) is 11.5 Å². The topological polar surface area (TPSA) is 55.8 Å². The van der Waals surface area contributed by atoms with Crippen LogP contribution in [-0.4, -0.2) is 24.8 Å². The van der Waals surface area contributed by atoms with Crippen LogP contribution in [0, 0.1) is 5.92 Å². The Balaban J connectivity index is 2.80. The first-order valence-corrected chi connectivity index (χ1v) is 6.12. The maximum absolute atomic E-state index is 11.1. The normalized spacial score (nSPS) is 11.9. The molecular formula is C14H20O4. The Morgan fingerprint density at radius 2 is 2.17 bits per heavy atom. The predicted octanol–water partition coefficient (Wildman–Crippen LogP) is 3.21. The molecule has 0 aromatic heterocycles. The van der Waals surface area contributed by atoms with Gasteiger partial charge in [0.2, 0.25) is 0 Å². The molecule has 0 heterocycles. The minimum atomic E-state index is -0.990. The lowest BCUT2D eigenvalue weighted by Crippen LogP contribution is -2.11. The minimum Gasteiger partial charge on any atom is -0.497 e. The van der Waals surface area contributed by atoms with Gasteiger partial charge in [0.1, 0.15) is 17.1 Å². The summed E-state index contributed by atoms with van der Waals surface area (Å²) in [7, 11) is 1.54. The van der Waals surface area contributed by atoms with Gasteiger partial charge in [0.05, 0.1) is 13.7 Å². The predicted molar refractivity (Wildman–Crippen MR) is 69.5 cm³/mol. The van der Waals surface area contributed by atoms with Gasteiger partial charge in [0.25, 0.3) is 0 Å². The van der Waals surface area contributed by atoms with Gasteiger partial charge in [0.15, 0.2) is 0 Å². The van der Waals surface area contributed by atoms with Crippen molar-refractivity contribution in [1.82, 2.24) is 0 Å². The summed E-state index contributed by atoms with van der Waals surface area (Å²) < 4.78 is 10.7. The Morgan fingerprint density at radius 1 is 1.44 bits per heavy atom. The van der Waals surface area contributed by atoms with E-state index in [4.69, 9.17) is 14.6 Å². The van der Waals surface area contributed by atoms with E-state index in [1.165, 1.54) is 6.07 Å². The molecule has 0 amide bonds. The zero-order valence-corrected chi connectivity index (χ0v) is 11.1. The second-order valence-electron chi connectivity index (χ2n) is 4.37. The van der Waals surface area contributed by atoms with Crippen molar-refractivity contribution >= 4 is 5.97 Å². The number of benzene rings is 1. The number of aromatic carboxylic acids is 1. The molecule has 4 nitrogen and oxygen atoms in total. The highest BCUT2D eigenvalue weighted by atomic mass is 16.5. The van der Waals surface area contributed by atoms with Crippen LogP contribution in [0.25, 0.3) is 0 Å². The molecule has 0 aliphatic heterocycles. The number of hydrogen-bond donors (Lipinski definition) is 1. The van der Waals surface area contributed by atoms with Crippen molar-refractivity contribution in [2.45, 2.75) is 26.7 Å². The van der Waals surface area contributed by atoms with Crippen molar-refractivity contribution in [2.24, 2.45) is 5.92 Å². The van der Waals surface area contributed by atoms with Crippen molar-refractivity contribution in [2.75, 3.05) is 13.7 Å². The Kier molecular flexibility index (Phi) is 5.49. The fourth-order valence-electron chi connectivity index (χ4n) is 1.73. The molecule has 1 rings (SSSR count). The molecule has 18 heavy (non-hydrogen) atoms. The molecule has 1 N–H and O–H groups in total. The summed E-state index contributed by atoms with van der Waals surface area (Å²) in [6.07, 6.45) is 2.15. The number of methoxy groups -OCH3 is 1. The van der Waals surface area contributed by atoms with Gasteiger partial charge in [0, 0.05) is 6.07 Å². The van der Waals surface area contributed by atoms with Gasteiger partial charge in [-0.25, -0.2) is 4.79 Å². The number of carboxylic acid groups (broad SMARTS) is 1. The second-order valence-corrected chi connectivity index (χ2v) is 4.37. The zero-order valence-electron chi connectivity index (χ0n) is 11.1. The van der Waals surface area contributed by atoms with Gasteiger partial charge < -0.3 is 14.6 Å². The van der Waals surface area contributed by atoms with Gasteiger partial charge in [-0.1, -0.05) is 20.3 Å². The van der Waals surface area contributed by atoms with E-state index in [9.17, 15) is 4.79 Å². The Labute approximate surface area is 108 Å². The van der Waals surface area contributed by atoms with E-state index in [0.29, 0.717) is 24.0 Å². The average molecular weight is 252 g/mol. The van der Waals surface area contributed by atoms with Crippen molar-refractivity contribution in [1.29, 1.82) is 0 Å². The molecule has 1 aromatic carbocycles. The smallest absolute Gasteiger partial charge is 0.339 e. The number of ether oxygens (including phenoxy) is 2. The van der Waals surface area contributed by atoms with Crippen molar-refractivity contribution < 1.29 is 19.4 Å². The molecule has 4 heteroatoms. The summed E-state index contributed by atoms with van der Waals surface area (Å²) in [5.41, 5.74) is 0.166. The Bertz CT molecular complexity index is 401. The van der Waals surface area contributed by atoms with E-state index in [1.54, 1.807) is 19.2 Å². The number of hydrogen-bond acceptors (Lipinski definition) is 3. The lowest BCUT2D eigenvalue weighted by atomic mass is 10.1. The largest absolute Gasteiger partial charge is 0.497 e. The summed E-state index contributed by atoms with van der Waals surface area (Å²) >= 11 is 0. The molecular weight excluding hydrogens is 232 g/mol. The SMILES string of the molecule is CCCC(C)COc1cc(OC)ccc1C(=O)O. The fourth-order valence-corrected chi connectivity index (χ4v) is 1.73. The van der Waals surface area contributed by atoms with Crippen molar-refractivity contribution in [3.63, 3.8) is 0 Å². The van der Waals surface area contributed by atoms with E-state index >= 15 is 0 Å². The Hall–Kier alpha value is -1.71. The van der Waals surface area contributed by atoms with Gasteiger partial charge in [-0.2, -0.15) is 0 Å². The first-order valence-electron chi connectivity index (χ1n) is 6.12. The van der Waals surface area contributed by atoms with E-state index in [2.05, 4.69) is 13.8 Å². The summed E-state index contributed by atoms with van der Waals surface area (Å²) in [6, 6.07) is 4.73. The molecule has 0 radical (unpaired) electrons. The molecule has 1 atom stereocenters. The van der Waals surface area contributed by atoms with Crippen LogP contribution in [0.5, 0.6) is 11.5 Å². The fraction of sp³-hybridized carbons (Fsp3) is 0.500. The van der Waals surface area contributed by atoms with E-state index in [0.717, 1.165) is 12.8 Å². The summed E-state index contributed by atoms with van der Waals surface area (Å²) in [5, 5.41) is 9.08. The van der Waals surface area contributed by atoms with Crippen LogP contribution in [0.2, 0.25) is 0 Å². The van der Waals surface area contributed by atoms with E-state index in [-0.39, 0.29) is 5.56 Å². The standard InChI is InChI=1S/C14H20O4/c1-4-5-10(2)9-18-13-8-11(17-3)6-7-12(13)14(15)16/h6-8,10H,4-5,9H2,1-3H3,(H,15,16). The molecule has 0 saturated heterocycles. The highest BCUT2D eigenvalue weighted by Crippen LogP contribution is 2.25. The van der Waals surface area contributed by atoms with Gasteiger partial charge in [-0.05, 0) is 24.5 Å². The third-order valence-corrected chi connectivity index (χ3v) is 2.72. The number of carboxylic acids is 1. The first kappa shape index (κ1) is 14.4. The highest BCUT2D eigenvalue weighted by molar-refractivity contribution is 5.91. The van der Waals surface area contributed by atoms with Crippen LogP contribution < -0.4 is 9.47 Å². The molecule has 0 spiro atoms. The highest BCUT2D eigenvalue weighted by Gasteiger charge is 2.13. The second kappa shape index (κ2) is 6.89. The lowest BCUT2D eigenvalue weighted by molar-refractivity contribution is 0.0691. The summed E-state index contributed by atoms with van der Waals surface area (Å²) in [4.78, 5) is 11.1. The van der Waals surface area contributed by atoms with Crippen molar-refractivity contribution in [3.05, 3.63) is 23.8 Å². The number of carbonyl (C=O) groups is 1. The third kappa shape index (κ3) is 3.95. The molecule has 0 aliphatic rings. The molecule has 0 bridgehead atoms. The van der Waals surface area contributed by atoms with Gasteiger partial charge >= 0.3 is 5.97 Å². The average Bonchev–Trinajstić information content (AvgIpc) is 2.36. The van der Waals surface area contributed by atoms with E-state index < -0.39 is 5.97 Å². The van der Waals surface area contributed by atoms with Crippen LogP contribution >= 0.6 is 0 Å².